The van der Waals surface area contributed by atoms with Gasteiger partial charge >= 0.3 is 5.97 Å². The van der Waals surface area contributed by atoms with Crippen LogP contribution >= 0.6 is 11.6 Å². The van der Waals surface area contributed by atoms with Crippen LogP contribution in [0.1, 0.15) is 19.5 Å². The zero-order valence-corrected chi connectivity index (χ0v) is 11.3. The van der Waals surface area contributed by atoms with Crippen molar-refractivity contribution in [3.05, 3.63) is 45.5 Å². The average Bonchev–Trinajstić information content (AvgIpc) is 2.36. The Morgan fingerprint density at radius 3 is 2.89 bits per heavy atom. The van der Waals surface area contributed by atoms with Crippen LogP contribution in [0.5, 0.6) is 0 Å². The van der Waals surface area contributed by atoms with Crippen LogP contribution in [0, 0.1) is 5.92 Å². The summed E-state index contributed by atoms with van der Waals surface area (Å²) in [5.74, 6) is -0.529. The fourth-order valence-corrected chi connectivity index (χ4v) is 1.67. The van der Waals surface area contributed by atoms with Crippen molar-refractivity contribution in [2.24, 2.45) is 5.92 Å². The van der Waals surface area contributed by atoms with E-state index >= 15 is 0 Å². The van der Waals surface area contributed by atoms with Crippen molar-refractivity contribution in [2.75, 3.05) is 0 Å². The van der Waals surface area contributed by atoms with Gasteiger partial charge in [-0.05, 0) is 12.1 Å². The van der Waals surface area contributed by atoms with Gasteiger partial charge in [-0.1, -0.05) is 25.4 Å². The van der Waals surface area contributed by atoms with E-state index in [4.69, 9.17) is 16.3 Å². The first kappa shape index (κ1) is 13.5. The van der Waals surface area contributed by atoms with Gasteiger partial charge in [-0.15, -0.1) is 0 Å². The topological polar surface area (TPSA) is 60.7 Å². The monoisotopic (exact) mass is 280 g/mol. The minimum Gasteiger partial charge on any atom is -0.459 e. The first-order chi connectivity index (χ1) is 8.97. The van der Waals surface area contributed by atoms with Crippen LogP contribution < -0.4 is 5.56 Å². The molecule has 0 saturated carbocycles. The Balaban J connectivity index is 2.29. The van der Waals surface area contributed by atoms with Gasteiger partial charge in [0.05, 0.1) is 16.6 Å². The van der Waals surface area contributed by atoms with Gasteiger partial charge in [0.15, 0.2) is 0 Å². The molecule has 100 valence electrons. The van der Waals surface area contributed by atoms with Gasteiger partial charge in [0.2, 0.25) is 0 Å². The van der Waals surface area contributed by atoms with Crippen molar-refractivity contribution in [1.29, 1.82) is 0 Å². The van der Waals surface area contributed by atoms with E-state index < -0.39 is 0 Å². The van der Waals surface area contributed by atoms with Crippen molar-refractivity contribution in [2.45, 2.75) is 20.5 Å². The molecule has 0 radical (unpaired) electrons. The molecule has 2 rings (SSSR count). The van der Waals surface area contributed by atoms with E-state index in [9.17, 15) is 9.59 Å². The smallest absolute Gasteiger partial charge is 0.308 e. The van der Waals surface area contributed by atoms with Crippen LogP contribution in [0.15, 0.2) is 29.2 Å². The number of hydrogen-bond acceptors (Lipinski definition) is 4. The second-order valence-corrected chi connectivity index (χ2v) is 4.86. The van der Waals surface area contributed by atoms with Crippen LogP contribution in [0.3, 0.4) is 0 Å². The van der Waals surface area contributed by atoms with Crippen LogP contribution in [0.2, 0.25) is 5.02 Å². The molecule has 0 amide bonds. The average molecular weight is 281 g/mol. The Bertz CT molecular complexity index is 679. The molecular formula is C13H13ClN2O3. The molecule has 0 N–H and O–H groups in total. The van der Waals surface area contributed by atoms with E-state index in [0.29, 0.717) is 16.4 Å². The van der Waals surface area contributed by atoms with Crippen LogP contribution in [-0.2, 0) is 16.1 Å². The molecule has 0 bridgehead atoms. The number of halogens is 1. The highest BCUT2D eigenvalue weighted by atomic mass is 35.5. The summed E-state index contributed by atoms with van der Waals surface area (Å²) < 4.78 is 6.38. The molecule has 2 aromatic heterocycles. The van der Waals surface area contributed by atoms with E-state index in [0.717, 1.165) is 0 Å². The van der Waals surface area contributed by atoms with Gasteiger partial charge in [0.25, 0.3) is 5.56 Å². The minimum absolute atomic E-state index is 0.00855. The number of rotatable bonds is 3. The van der Waals surface area contributed by atoms with Gasteiger partial charge in [0.1, 0.15) is 12.3 Å². The molecule has 6 heteroatoms. The number of carbonyl (C=O) groups excluding carboxylic acids is 1. The van der Waals surface area contributed by atoms with Gasteiger partial charge in [-0.25, -0.2) is 4.98 Å². The minimum atomic E-state index is -0.321. The van der Waals surface area contributed by atoms with Crippen molar-refractivity contribution >= 4 is 23.2 Å². The van der Waals surface area contributed by atoms with E-state index in [1.165, 1.54) is 16.7 Å². The predicted octanol–water partition coefficient (Wildman–Crippen LogP) is 2.05. The second-order valence-electron chi connectivity index (χ2n) is 4.42. The van der Waals surface area contributed by atoms with Crippen molar-refractivity contribution in [1.82, 2.24) is 9.38 Å². The van der Waals surface area contributed by atoms with Crippen LogP contribution in [-0.4, -0.2) is 15.4 Å². The summed E-state index contributed by atoms with van der Waals surface area (Å²) in [7, 11) is 0. The maximum Gasteiger partial charge on any atom is 0.308 e. The Kier molecular flexibility index (Phi) is 3.85. The molecule has 0 spiro atoms. The molecule has 0 aliphatic rings. The molecule has 2 heterocycles. The number of ether oxygens (including phenoxy) is 1. The fraction of sp³-hybridized carbons (Fsp3) is 0.308. The summed E-state index contributed by atoms with van der Waals surface area (Å²) >= 11 is 5.81. The zero-order valence-electron chi connectivity index (χ0n) is 10.6. The number of esters is 1. The number of aromatic nitrogens is 2. The molecule has 0 aliphatic carbocycles. The maximum absolute atomic E-state index is 11.9. The fourth-order valence-electron chi connectivity index (χ4n) is 1.51. The van der Waals surface area contributed by atoms with Gasteiger partial charge in [-0.3, -0.25) is 14.0 Å². The number of fused-ring (bicyclic) bond motifs is 1. The molecule has 0 atom stereocenters. The molecule has 19 heavy (non-hydrogen) atoms. The summed E-state index contributed by atoms with van der Waals surface area (Å²) in [6.07, 6.45) is 1.50. The largest absolute Gasteiger partial charge is 0.459 e. The highest BCUT2D eigenvalue weighted by Gasteiger charge is 2.10. The molecule has 0 aromatic carbocycles. The number of hydrogen-bond donors (Lipinski definition) is 0. The Hall–Kier alpha value is -1.88. The zero-order chi connectivity index (χ0) is 14.0. The molecule has 0 fully saturated rings. The van der Waals surface area contributed by atoms with E-state index in [2.05, 4.69) is 4.98 Å². The summed E-state index contributed by atoms with van der Waals surface area (Å²) in [6, 6.07) is 4.61. The molecule has 0 unspecified atom stereocenters. The van der Waals surface area contributed by atoms with E-state index in [-0.39, 0.29) is 24.1 Å². The lowest BCUT2D eigenvalue weighted by molar-refractivity contribution is -0.148. The standard InChI is InChI=1S/C13H13ClN2O3/c1-8(2)13(18)19-7-10-5-12(17)16-6-9(14)3-4-11(16)15-10/h3-6,8H,7H2,1-2H3. The second kappa shape index (κ2) is 5.40. The molecule has 0 aliphatic heterocycles. The predicted molar refractivity (Wildman–Crippen MR) is 71.1 cm³/mol. The Morgan fingerprint density at radius 2 is 2.21 bits per heavy atom. The number of nitrogens with zero attached hydrogens (tertiary/aromatic N) is 2. The Morgan fingerprint density at radius 1 is 1.47 bits per heavy atom. The van der Waals surface area contributed by atoms with Gasteiger partial charge in [0, 0.05) is 12.3 Å². The summed E-state index contributed by atoms with van der Waals surface area (Å²) in [4.78, 5) is 27.4. The SMILES string of the molecule is CC(C)C(=O)OCc1cc(=O)n2cc(Cl)ccc2n1. The molecule has 0 saturated heterocycles. The van der Waals surface area contributed by atoms with Crippen LogP contribution in [0.4, 0.5) is 0 Å². The van der Waals surface area contributed by atoms with E-state index in [1.54, 1.807) is 26.0 Å². The van der Waals surface area contributed by atoms with Crippen molar-refractivity contribution in [3.63, 3.8) is 0 Å². The first-order valence-electron chi connectivity index (χ1n) is 5.82. The number of pyridine rings is 1. The quantitative estimate of drug-likeness (QED) is 0.807. The lowest BCUT2D eigenvalue weighted by atomic mass is 10.2. The van der Waals surface area contributed by atoms with E-state index in [1.807, 2.05) is 0 Å². The van der Waals surface area contributed by atoms with Crippen LogP contribution in [0.25, 0.3) is 5.65 Å². The summed E-state index contributed by atoms with van der Waals surface area (Å²) in [5, 5.41) is 0.454. The van der Waals surface area contributed by atoms with Crippen molar-refractivity contribution < 1.29 is 9.53 Å². The third kappa shape index (κ3) is 3.12. The van der Waals surface area contributed by atoms with Gasteiger partial charge in [-0.2, -0.15) is 0 Å². The van der Waals surface area contributed by atoms with Crippen molar-refractivity contribution in [3.8, 4) is 0 Å². The molecule has 2 aromatic rings. The first-order valence-corrected chi connectivity index (χ1v) is 6.19. The molecule has 5 nitrogen and oxygen atoms in total. The highest BCUT2D eigenvalue weighted by molar-refractivity contribution is 6.30. The van der Waals surface area contributed by atoms with Gasteiger partial charge < -0.3 is 4.74 Å². The molecular weight excluding hydrogens is 268 g/mol. The highest BCUT2D eigenvalue weighted by Crippen LogP contribution is 2.09. The third-order valence-corrected chi connectivity index (χ3v) is 2.73. The maximum atomic E-state index is 11.9. The third-order valence-electron chi connectivity index (χ3n) is 2.51. The summed E-state index contributed by atoms with van der Waals surface area (Å²) in [5.41, 5.74) is 0.622. The number of carbonyl (C=O) groups is 1. The normalized spacial score (nSPS) is 10.9. The summed E-state index contributed by atoms with van der Waals surface area (Å²) in [6.45, 7) is 3.48. The Labute approximate surface area is 114 Å². The lowest BCUT2D eigenvalue weighted by Gasteiger charge is -2.07. The lowest BCUT2D eigenvalue weighted by Crippen LogP contribution is -2.17.